The fourth-order valence-corrected chi connectivity index (χ4v) is 1.57. The summed E-state index contributed by atoms with van der Waals surface area (Å²) in [7, 11) is 0. The molecule has 0 N–H and O–H groups in total. The van der Waals surface area contributed by atoms with Gasteiger partial charge in [0.05, 0.1) is 0 Å². The maximum Gasteiger partial charge on any atom is 0.194 e. The highest BCUT2D eigenvalue weighted by molar-refractivity contribution is 5.32. The molecule has 0 spiro atoms. The zero-order valence-electron chi connectivity index (χ0n) is 8.50. The van der Waals surface area contributed by atoms with Gasteiger partial charge in [-0.2, -0.15) is 0 Å². The SMILES string of the molecule is CCc1cc(F)c(F)c(F)c1C(C)C. The quantitative estimate of drug-likeness (QED) is 0.640. The summed E-state index contributed by atoms with van der Waals surface area (Å²) in [6.07, 6.45) is 0.502. The highest BCUT2D eigenvalue weighted by Crippen LogP contribution is 2.27. The summed E-state index contributed by atoms with van der Waals surface area (Å²) in [4.78, 5) is 0. The molecule has 0 saturated heterocycles. The molecule has 0 aliphatic carbocycles. The van der Waals surface area contributed by atoms with Gasteiger partial charge in [-0.1, -0.05) is 20.8 Å². The normalized spacial score (nSPS) is 11.1. The molecule has 3 heteroatoms. The Morgan fingerprint density at radius 1 is 1.14 bits per heavy atom. The van der Waals surface area contributed by atoms with Crippen LogP contribution in [0.5, 0.6) is 0 Å². The second-order valence-corrected chi connectivity index (χ2v) is 3.57. The molecule has 0 unspecified atom stereocenters. The Hall–Kier alpha value is -0.990. The van der Waals surface area contributed by atoms with E-state index in [4.69, 9.17) is 0 Å². The van der Waals surface area contributed by atoms with Gasteiger partial charge in [0.25, 0.3) is 0 Å². The van der Waals surface area contributed by atoms with Crippen molar-refractivity contribution in [3.05, 3.63) is 34.6 Å². The van der Waals surface area contributed by atoms with Gasteiger partial charge in [-0.15, -0.1) is 0 Å². The summed E-state index contributed by atoms with van der Waals surface area (Å²) in [5.41, 5.74) is 0.822. The van der Waals surface area contributed by atoms with E-state index in [-0.39, 0.29) is 11.5 Å². The molecule has 0 aliphatic rings. The van der Waals surface area contributed by atoms with E-state index in [1.165, 1.54) is 0 Å². The van der Waals surface area contributed by atoms with Crippen LogP contribution >= 0.6 is 0 Å². The van der Waals surface area contributed by atoms with Crippen molar-refractivity contribution in [2.75, 3.05) is 0 Å². The predicted molar refractivity (Wildman–Crippen MR) is 49.8 cm³/mol. The van der Waals surface area contributed by atoms with Crippen LogP contribution in [0.1, 0.15) is 37.8 Å². The Morgan fingerprint density at radius 2 is 1.71 bits per heavy atom. The predicted octanol–water partition coefficient (Wildman–Crippen LogP) is 3.79. The molecule has 78 valence electrons. The van der Waals surface area contributed by atoms with Gasteiger partial charge in [-0.3, -0.25) is 0 Å². The Bertz CT molecular complexity index is 343. The number of halogens is 3. The molecule has 0 atom stereocenters. The first kappa shape index (κ1) is 11.1. The third-order valence-electron chi connectivity index (χ3n) is 2.24. The Balaban J connectivity index is 3.45. The van der Waals surface area contributed by atoms with E-state index in [0.29, 0.717) is 12.0 Å². The first-order valence-electron chi connectivity index (χ1n) is 4.65. The molecule has 0 radical (unpaired) electrons. The summed E-state index contributed by atoms with van der Waals surface area (Å²) in [5.74, 6) is -3.66. The second kappa shape index (κ2) is 4.03. The van der Waals surface area contributed by atoms with E-state index in [1.54, 1.807) is 20.8 Å². The van der Waals surface area contributed by atoms with Crippen molar-refractivity contribution < 1.29 is 13.2 Å². The van der Waals surface area contributed by atoms with Crippen molar-refractivity contribution in [2.45, 2.75) is 33.1 Å². The van der Waals surface area contributed by atoms with Crippen LogP contribution in [-0.2, 0) is 6.42 Å². The van der Waals surface area contributed by atoms with E-state index in [2.05, 4.69) is 0 Å². The Morgan fingerprint density at radius 3 is 2.14 bits per heavy atom. The van der Waals surface area contributed by atoms with Crippen LogP contribution in [0, 0.1) is 17.5 Å². The molecule has 0 nitrogen and oxygen atoms in total. The molecule has 0 aliphatic heterocycles. The zero-order chi connectivity index (χ0) is 10.9. The van der Waals surface area contributed by atoms with Gasteiger partial charge < -0.3 is 0 Å². The Kier molecular flexibility index (Phi) is 3.19. The molecule has 14 heavy (non-hydrogen) atoms. The fourth-order valence-electron chi connectivity index (χ4n) is 1.57. The summed E-state index contributed by atoms with van der Waals surface area (Å²) in [6, 6.07) is 1.08. The van der Waals surface area contributed by atoms with Crippen LogP contribution in [0.25, 0.3) is 0 Å². The lowest BCUT2D eigenvalue weighted by Gasteiger charge is -2.13. The van der Waals surface area contributed by atoms with Gasteiger partial charge in [0.2, 0.25) is 0 Å². The Labute approximate surface area is 81.8 Å². The van der Waals surface area contributed by atoms with Gasteiger partial charge in [0.1, 0.15) is 0 Å². The van der Waals surface area contributed by atoms with Gasteiger partial charge in [0, 0.05) is 0 Å². The maximum absolute atomic E-state index is 13.3. The van der Waals surface area contributed by atoms with Gasteiger partial charge in [-0.25, -0.2) is 13.2 Å². The van der Waals surface area contributed by atoms with Crippen LogP contribution in [0.2, 0.25) is 0 Å². The van der Waals surface area contributed by atoms with Gasteiger partial charge >= 0.3 is 0 Å². The minimum absolute atomic E-state index is 0.139. The van der Waals surface area contributed by atoms with Crippen molar-refractivity contribution in [3.63, 3.8) is 0 Å². The first-order valence-corrected chi connectivity index (χ1v) is 4.65. The summed E-state index contributed by atoms with van der Waals surface area (Å²) in [5, 5.41) is 0. The topological polar surface area (TPSA) is 0 Å². The largest absolute Gasteiger partial charge is 0.204 e. The van der Waals surface area contributed by atoms with Crippen LogP contribution in [0.4, 0.5) is 13.2 Å². The first-order chi connectivity index (χ1) is 6.49. The number of aryl methyl sites for hydroxylation is 1. The highest BCUT2D eigenvalue weighted by atomic mass is 19.2. The summed E-state index contributed by atoms with van der Waals surface area (Å²) in [6.45, 7) is 5.31. The van der Waals surface area contributed by atoms with Crippen LogP contribution in [0.3, 0.4) is 0 Å². The van der Waals surface area contributed by atoms with E-state index in [9.17, 15) is 13.2 Å². The molecule has 0 heterocycles. The van der Waals surface area contributed by atoms with E-state index < -0.39 is 17.5 Å². The average Bonchev–Trinajstić information content (AvgIpc) is 2.12. The van der Waals surface area contributed by atoms with Crippen molar-refractivity contribution in [1.82, 2.24) is 0 Å². The number of hydrogen-bond acceptors (Lipinski definition) is 0. The number of benzene rings is 1. The molecule has 0 amide bonds. The number of rotatable bonds is 2. The standard InChI is InChI=1S/C11H13F3/c1-4-7-5-8(12)10(13)11(14)9(7)6(2)3/h5-6H,4H2,1-3H3. The number of hydrogen-bond donors (Lipinski definition) is 0. The average molecular weight is 202 g/mol. The summed E-state index contributed by atoms with van der Waals surface area (Å²) >= 11 is 0. The third kappa shape index (κ3) is 1.76. The molecule has 0 bridgehead atoms. The monoisotopic (exact) mass is 202 g/mol. The van der Waals surface area contributed by atoms with Crippen LogP contribution in [-0.4, -0.2) is 0 Å². The van der Waals surface area contributed by atoms with Crippen molar-refractivity contribution >= 4 is 0 Å². The smallest absolute Gasteiger partial charge is 0.194 e. The van der Waals surface area contributed by atoms with E-state index in [0.717, 1.165) is 6.07 Å². The van der Waals surface area contributed by atoms with E-state index in [1.807, 2.05) is 0 Å². The van der Waals surface area contributed by atoms with Gasteiger partial charge in [-0.05, 0) is 29.5 Å². The van der Waals surface area contributed by atoms with E-state index >= 15 is 0 Å². The van der Waals surface area contributed by atoms with Crippen LogP contribution < -0.4 is 0 Å². The lowest BCUT2D eigenvalue weighted by molar-refractivity contribution is 0.435. The minimum Gasteiger partial charge on any atom is -0.204 e. The van der Waals surface area contributed by atoms with Crippen LogP contribution in [0.15, 0.2) is 6.07 Å². The molecule has 0 saturated carbocycles. The molecule has 1 aromatic rings. The molecule has 0 fully saturated rings. The lowest BCUT2D eigenvalue weighted by Crippen LogP contribution is -2.05. The molecule has 1 aromatic carbocycles. The highest BCUT2D eigenvalue weighted by Gasteiger charge is 2.19. The molecular weight excluding hydrogens is 189 g/mol. The molecular formula is C11H13F3. The minimum atomic E-state index is -1.37. The molecule has 1 rings (SSSR count). The lowest BCUT2D eigenvalue weighted by atomic mass is 9.94. The summed E-state index contributed by atoms with van der Waals surface area (Å²) < 4.78 is 39.1. The zero-order valence-corrected chi connectivity index (χ0v) is 8.50. The fraction of sp³-hybridized carbons (Fsp3) is 0.455. The van der Waals surface area contributed by atoms with Crippen molar-refractivity contribution in [2.24, 2.45) is 0 Å². The second-order valence-electron chi connectivity index (χ2n) is 3.57. The van der Waals surface area contributed by atoms with Crippen molar-refractivity contribution in [1.29, 1.82) is 0 Å². The maximum atomic E-state index is 13.3. The van der Waals surface area contributed by atoms with Gasteiger partial charge in [0.15, 0.2) is 17.5 Å². The third-order valence-corrected chi connectivity index (χ3v) is 2.24. The molecule has 0 aromatic heterocycles. The van der Waals surface area contributed by atoms with Crippen molar-refractivity contribution in [3.8, 4) is 0 Å².